The average Bonchev–Trinajstić information content (AvgIpc) is 3.47. The molecule has 2 amide bonds. The number of sulfonamides is 1. The molecule has 3 aromatic rings. The number of nitrogens with one attached hydrogen (secondary N) is 1. The van der Waals surface area contributed by atoms with Crippen molar-refractivity contribution in [3.05, 3.63) is 89.7 Å². The Morgan fingerprint density at radius 1 is 0.930 bits per heavy atom. The molecule has 0 aromatic heterocycles. The Labute approximate surface area is 251 Å². The fraction of sp³-hybridized carbons (Fsp3) is 0.375. The predicted octanol–water partition coefficient (Wildman–Crippen LogP) is 4.41. The minimum absolute atomic E-state index is 0.00319. The Kier molecular flexibility index (Phi) is 9.49. The molecular formula is C32H36FN3O6S. The van der Waals surface area contributed by atoms with Gasteiger partial charge in [-0.2, -0.15) is 0 Å². The number of ether oxygens (including phenoxy) is 2. The minimum Gasteiger partial charge on any atom is -0.454 e. The van der Waals surface area contributed by atoms with E-state index in [0.29, 0.717) is 17.1 Å². The zero-order valence-corrected chi connectivity index (χ0v) is 24.9. The molecule has 0 spiro atoms. The van der Waals surface area contributed by atoms with Crippen molar-refractivity contribution in [3.8, 4) is 11.5 Å². The highest BCUT2D eigenvalue weighted by atomic mass is 32.2. The van der Waals surface area contributed by atoms with E-state index in [-0.39, 0.29) is 37.4 Å². The highest BCUT2D eigenvalue weighted by molar-refractivity contribution is 7.92. The monoisotopic (exact) mass is 609 g/mol. The fourth-order valence-corrected chi connectivity index (χ4v) is 6.38. The van der Waals surface area contributed by atoms with Crippen LogP contribution >= 0.6 is 0 Å². The molecule has 1 atom stereocenters. The lowest BCUT2D eigenvalue weighted by molar-refractivity contribution is -0.140. The van der Waals surface area contributed by atoms with Crippen LogP contribution < -0.4 is 19.1 Å². The van der Waals surface area contributed by atoms with Crippen molar-refractivity contribution in [2.45, 2.75) is 57.2 Å². The smallest absolute Gasteiger partial charge is 0.244 e. The molecule has 0 radical (unpaired) electrons. The molecule has 1 aliphatic heterocycles. The first-order valence-corrected chi connectivity index (χ1v) is 16.3. The zero-order chi connectivity index (χ0) is 30.4. The van der Waals surface area contributed by atoms with E-state index >= 15 is 0 Å². The second kappa shape index (κ2) is 13.5. The fourth-order valence-electron chi connectivity index (χ4n) is 5.54. The van der Waals surface area contributed by atoms with E-state index in [1.807, 2.05) is 30.3 Å². The van der Waals surface area contributed by atoms with Crippen LogP contribution in [0.2, 0.25) is 0 Å². The van der Waals surface area contributed by atoms with Crippen molar-refractivity contribution < 1.29 is 31.9 Å². The number of hydrogen-bond donors (Lipinski definition) is 1. The summed E-state index contributed by atoms with van der Waals surface area (Å²) in [7, 11) is -3.93. The average molecular weight is 610 g/mol. The Balaban J connectivity index is 1.49. The Morgan fingerprint density at radius 2 is 1.63 bits per heavy atom. The maximum Gasteiger partial charge on any atom is 0.244 e. The molecule has 5 rings (SSSR count). The summed E-state index contributed by atoms with van der Waals surface area (Å²) < 4.78 is 51.6. The van der Waals surface area contributed by atoms with E-state index in [1.165, 1.54) is 23.1 Å². The van der Waals surface area contributed by atoms with E-state index in [0.717, 1.165) is 48.2 Å². The zero-order valence-electron chi connectivity index (χ0n) is 24.1. The topological polar surface area (TPSA) is 105 Å². The van der Waals surface area contributed by atoms with Crippen LogP contribution in [0.3, 0.4) is 0 Å². The van der Waals surface area contributed by atoms with Crippen LogP contribution in [0.5, 0.6) is 11.5 Å². The molecule has 0 unspecified atom stereocenters. The van der Waals surface area contributed by atoms with Gasteiger partial charge in [0.1, 0.15) is 18.4 Å². The number of anilines is 1. The van der Waals surface area contributed by atoms with Crippen LogP contribution in [0.1, 0.15) is 43.2 Å². The van der Waals surface area contributed by atoms with E-state index in [9.17, 15) is 22.4 Å². The van der Waals surface area contributed by atoms with Crippen molar-refractivity contribution in [1.82, 2.24) is 10.2 Å². The van der Waals surface area contributed by atoms with Gasteiger partial charge in [-0.25, -0.2) is 12.8 Å². The van der Waals surface area contributed by atoms with E-state index in [2.05, 4.69) is 5.32 Å². The summed E-state index contributed by atoms with van der Waals surface area (Å²) in [6.45, 7) is -0.561. The number of amides is 2. The van der Waals surface area contributed by atoms with Gasteiger partial charge >= 0.3 is 0 Å². The minimum atomic E-state index is -3.93. The third-order valence-electron chi connectivity index (χ3n) is 7.81. The van der Waals surface area contributed by atoms with Gasteiger partial charge in [-0.15, -0.1) is 0 Å². The number of carbonyl (C=O) groups excluding carboxylic acids is 2. The summed E-state index contributed by atoms with van der Waals surface area (Å²) in [4.78, 5) is 29.6. The molecule has 1 heterocycles. The van der Waals surface area contributed by atoms with Gasteiger partial charge in [-0.3, -0.25) is 13.9 Å². The van der Waals surface area contributed by atoms with Crippen LogP contribution in [0.15, 0.2) is 72.8 Å². The summed E-state index contributed by atoms with van der Waals surface area (Å²) in [6, 6.07) is 18.8. The summed E-state index contributed by atoms with van der Waals surface area (Å²) in [6.07, 6.45) is 6.12. The van der Waals surface area contributed by atoms with Gasteiger partial charge in [0.2, 0.25) is 28.6 Å². The maximum atomic E-state index is 14.2. The number of halogens is 1. The number of nitrogens with zero attached hydrogens (tertiary/aromatic N) is 2. The SMILES string of the molecule is CS(=O)(=O)N(CC(=O)N(Cc1ccc(F)cc1)[C@@H](Cc1ccccc1)C(=O)NC1CCCCC1)c1ccc2c(c1)OCO2. The molecule has 2 aliphatic rings. The van der Waals surface area contributed by atoms with Crippen molar-refractivity contribution >= 4 is 27.5 Å². The van der Waals surface area contributed by atoms with Gasteiger partial charge in [0.05, 0.1) is 11.9 Å². The van der Waals surface area contributed by atoms with Crippen LogP contribution in [-0.2, 0) is 32.6 Å². The van der Waals surface area contributed by atoms with Gasteiger partial charge < -0.3 is 19.7 Å². The van der Waals surface area contributed by atoms with Crippen molar-refractivity contribution in [2.24, 2.45) is 0 Å². The first kappa shape index (κ1) is 30.3. The van der Waals surface area contributed by atoms with Gasteiger partial charge in [-0.05, 0) is 48.2 Å². The molecule has 0 saturated heterocycles. The second-order valence-corrected chi connectivity index (χ2v) is 12.9. The molecule has 43 heavy (non-hydrogen) atoms. The molecule has 9 nitrogen and oxygen atoms in total. The number of benzene rings is 3. The predicted molar refractivity (Wildman–Crippen MR) is 161 cm³/mol. The standard InChI is InChI=1S/C32H36FN3O6S/c1-43(39,40)36(27-16-17-29-30(19-27)42-22-41-29)21-31(37)35(20-24-12-14-25(33)15-13-24)28(18-23-8-4-2-5-9-23)32(38)34-26-10-6-3-7-11-26/h2,4-5,8-9,12-17,19,26,28H,3,6-7,10-11,18,20-22H2,1H3,(H,34,38)/t28-/m0/s1. The molecule has 0 bridgehead atoms. The largest absolute Gasteiger partial charge is 0.454 e. The summed E-state index contributed by atoms with van der Waals surface area (Å²) in [5, 5.41) is 3.16. The van der Waals surface area contributed by atoms with E-state index < -0.39 is 34.3 Å². The molecule has 1 aliphatic carbocycles. The molecule has 3 aromatic carbocycles. The maximum absolute atomic E-state index is 14.2. The van der Waals surface area contributed by atoms with Crippen molar-refractivity contribution in [1.29, 1.82) is 0 Å². The first-order valence-electron chi connectivity index (χ1n) is 14.4. The van der Waals surface area contributed by atoms with Crippen LogP contribution in [0, 0.1) is 5.82 Å². The first-order chi connectivity index (χ1) is 20.7. The molecule has 228 valence electrons. The van der Waals surface area contributed by atoms with E-state index in [1.54, 1.807) is 24.3 Å². The quantitative estimate of drug-likeness (QED) is 0.346. The third kappa shape index (κ3) is 7.84. The molecule has 11 heteroatoms. The number of hydrogen-bond acceptors (Lipinski definition) is 6. The molecule has 1 fully saturated rings. The van der Waals surface area contributed by atoms with Crippen LogP contribution in [-0.4, -0.2) is 56.8 Å². The van der Waals surface area contributed by atoms with Gasteiger partial charge in [0.25, 0.3) is 0 Å². The third-order valence-corrected chi connectivity index (χ3v) is 8.95. The molecule has 1 N–H and O–H groups in total. The van der Waals surface area contributed by atoms with Crippen molar-refractivity contribution in [3.63, 3.8) is 0 Å². The van der Waals surface area contributed by atoms with Crippen LogP contribution in [0.25, 0.3) is 0 Å². The van der Waals surface area contributed by atoms with E-state index in [4.69, 9.17) is 9.47 Å². The summed E-state index contributed by atoms with van der Waals surface area (Å²) >= 11 is 0. The number of carbonyl (C=O) groups is 2. The lowest BCUT2D eigenvalue weighted by Crippen LogP contribution is -2.55. The molecular weight excluding hydrogens is 573 g/mol. The van der Waals surface area contributed by atoms with Crippen LogP contribution in [0.4, 0.5) is 10.1 Å². The highest BCUT2D eigenvalue weighted by Crippen LogP contribution is 2.36. The number of rotatable bonds is 11. The Morgan fingerprint density at radius 3 is 2.33 bits per heavy atom. The Bertz CT molecular complexity index is 1530. The summed E-state index contributed by atoms with van der Waals surface area (Å²) in [5.41, 5.74) is 1.68. The lowest BCUT2D eigenvalue weighted by atomic mass is 9.94. The summed E-state index contributed by atoms with van der Waals surface area (Å²) in [5.74, 6) is -0.463. The second-order valence-electron chi connectivity index (χ2n) is 11.0. The van der Waals surface area contributed by atoms with Gasteiger partial charge in [0.15, 0.2) is 11.5 Å². The van der Waals surface area contributed by atoms with Crippen molar-refractivity contribution in [2.75, 3.05) is 23.9 Å². The lowest BCUT2D eigenvalue weighted by Gasteiger charge is -2.35. The van der Waals surface area contributed by atoms with Gasteiger partial charge in [0, 0.05) is 25.1 Å². The number of fused-ring (bicyclic) bond motifs is 1. The molecule has 1 saturated carbocycles. The Hall–Kier alpha value is -4.12. The van der Waals surface area contributed by atoms with Gasteiger partial charge in [-0.1, -0.05) is 61.7 Å². The highest BCUT2D eigenvalue weighted by Gasteiger charge is 2.34. The normalized spacial score (nSPS) is 15.5.